The Morgan fingerprint density at radius 1 is 0.625 bits per heavy atom. The Kier molecular flexibility index (Phi) is 4.53. The molecule has 0 unspecified atom stereocenters. The maximum Gasteiger partial charge on any atom is 0.129 e. The molecule has 24 heavy (non-hydrogen) atoms. The van der Waals surface area contributed by atoms with Crippen LogP contribution < -0.4 is 0 Å². The summed E-state index contributed by atoms with van der Waals surface area (Å²) in [5.74, 6) is 6.77. The molecule has 0 aliphatic rings. The number of hydrogen-bond donors (Lipinski definition) is 0. The highest BCUT2D eigenvalue weighted by Gasteiger charge is 2.10. The molecule has 122 valence electrons. The van der Waals surface area contributed by atoms with Crippen LogP contribution in [-0.2, 0) is 0 Å². The molecule has 0 aliphatic carbocycles. The van der Waals surface area contributed by atoms with Crippen molar-refractivity contribution >= 4 is 59.0 Å². The number of hydrogen-bond acceptors (Lipinski definition) is 2. The molecule has 0 atom stereocenters. The van der Waals surface area contributed by atoms with Crippen molar-refractivity contribution in [3.05, 3.63) is 34.0 Å². The van der Waals surface area contributed by atoms with Crippen LogP contribution in [0.1, 0.15) is 9.75 Å². The second kappa shape index (κ2) is 6.20. The van der Waals surface area contributed by atoms with E-state index in [0.717, 1.165) is 0 Å². The first-order valence-electron chi connectivity index (χ1n) is 8.13. The van der Waals surface area contributed by atoms with Crippen LogP contribution in [0.5, 0.6) is 0 Å². The summed E-state index contributed by atoms with van der Waals surface area (Å²) in [5, 5.41) is 2.60. The van der Waals surface area contributed by atoms with Gasteiger partial charge in [0.1, 0.15) is 16.1 Å². The standard InChI is InChI=1S/C20H22S2Si2/c1-23(2,3)9-7-17-12-15-11-16-13-18(8-10-24(4,5)6)22-20(16)14-19(15)21-17/h11-14H,1-6H3. The van der Waals surface area contributed by atoms with E-state index in [2.05, 4.69) is 86.5 Å². The van der Waals surface area contributed by atoms with Crippen molar-refractivity contribution in [2.24, 2.45) is 0 Å². The molecule has 4 heteroatoms. The lowest BCUT2D eigenvalue weighted by Gasteiger charge is -2.02. The average molecular weight is 383 g/mol. The number of rotatable bonds is 0. The highest BCUT2D eigenvalue weighted by Crippen LogP contribution is 2.33. The van der Waals surface area contributed by atoms with Gasteiger partial charge in [0.25, 0.3) is 0 Å². The highest BCUT2D eigenvalue weighted by molar-refractivity contribution is 7.21. The first-order chi connectivity index (χ1) is 11.1. The van der Waals surface area contributed by atoms with Crippen LogP contribution in [-0.4, -0.2) is 16.1 Å². The second-order valence-electron chi connectivity index (χ2n) is 8.15. The molecular weight excluding hydrogens is 361 g/mol. The van der Waals surface area contributed by atoms with Crippen LogP contribution in [0, 0.1) is 22.9 Å². The van der Waals surface area contributed by atoms with E-state index in [-0.39, 0.29) is 0 Å². The van der Waals surface area contributed by atoms with E-state index < -0.39 is 16.1 Å². The minimum Gasteiger partial charge on any atom is -0.127 e. The minimum absolute atomic E-state index is 1.18. The van der Waals surface area contributed by atoms with E-state index in [1.165, 1.54) is 29.9 Å². The molecule has 0 saturated heterocycles. The molecule has 0 spiro atoms. The molecule has 1 aromatic carbocycles. The minimum atomic E-state index is -1.32. The third-order valence-corrected chi connectivity index (χ3v) is 7.05. The number of fused-ring (bicyclic) bond motifs is 2. The Labute approximate surface area is 154 Å². The van der Waals surface area contributed by atoms with Gasteiger partial charge in [-0.1, -0.05) is 51.1 Å². The maximum absolute atomic E-state index is 3.46. The number of thiophene rings is 2. The molecule has 0 amide bonds. The fourth-order valence-corrected chi connectivity index (χ4v) is 5.35. The summed E-state index contributed by atoms with van der Waals surface area (Å²) in [6, 6.07) is 9.06. The lowest BCUT2D eigenvalue weighted by molar-refractivity contribution is 1.81. The first kappa shape index (κ1) is 17.5. The van der Waals surface area contributed by atoms with Crippen molar-refractivity contribution in [2.45, 2.75) is 39.3 Å². The van der Waals surface area contributed by atoms with Gasteiger partial charge in [-0.25, -0.2) is 0 Å². The Balaban J connectivity index is 2.01. The van der Waals surface area contributed by atoms with Gasteiger partial charge in [0.15, 0.2) is 0 Å². The van der Waals surface area contributed by atoms with E-state index in [4.69, 9.17) is 0 Å². The largest absolute Gasteiger partial charge is 0.129 e. The van der Waals surface area contributed by atoms with Crippen LogP contribution in [0.15, 0.2) is 24.3 Å². The average Bonchev–Trinajstić information content (AvgIpc) is 3.00. The zero-order valence-electron chi connectivity index (χ0n) is 15.1. The van der Waals surface area contributed by atoms with E-state index in [1.807, 2.05) is 0 Å². The van der Waals surface area contributed by atoms with Crippen LogP contribution in [0.25, 0.3) is 20.2 Å². The fourth-order valence-electron chi connectivity index (χ4n) is 2.20. The summed E-state index contributed by atoms with van der Waals surface area (Å²) in [7, 11) is -2.64. The van der Waals surface area contributed by atoms with Crippen LogP contribution in [0.4, 0.5) is 0 Å². The van der Waals surface area contributed by atoms with E-state index in [1.54, 1.807) is 22.7 Å². The van der Waals surface area contributed by atoms with Crippen molar-refractivity contribution in [3.63, 3.8) is 0 Å². The Morgan fingerprint density at radius 2 is 1.04 bits per heavy atom. The highest BCUT2D eigenvalue weighted by atomic mass is 32.1. The van der Waals surface area contributed by atoms with Crippen LogP contribution >= 0.6 is 22.7 Å². The van der Waals surface area contributed by atoms with Crippen LogP contribution in [0.3, 0.4) is 0 Å². The van der Waals surface area contributed by atoms with Gasteiger partial charge in [-0.05, 0) is 35.0 Å². The molecule has 0 nitrogen and oxygen atoms in total. The summed E-state index contributed by atoms with van der Waals surface area (Å²) in [5.41, 5.74) is 6.92. The predicted octanol–water partition coefficient (Wildman–Crippen LogP) is 6.57. The van der Waals surface area contributed by atoms with Crippen molar-refractivity contribution in [1.82, 2.24) is 0 Å². The van der Waals surface area contributed by atoms with E-state index in [0.29, 0.717) is 0 Å². The smallest absolute Gasteiger partial charge is 0.127 e. The lowest BCUT2D eigenvalue weighted by Crippen LogP contribution is -2.16. The normalized spacial score (nSPS) is 11.9. The monoisotopic (exact) mass is 382 g/mol. The second-order valence-corrected chi connectivity index (χ2v) is 19.8. The van der Waals surface area contributed by atoms with Gasteiger partial charge < -0.3 is 0 Å². The van der Waals surface area contributed by atoms with Gasteiger partial charge >= 0.3 is 0 Å². The van der Waals surface area contributed by atoms with Crippen molar-refractivity contribution in [2.75, 3.05) is 0 Å². The van der Waals surface area contributed by atoms with Crippen molar-refractivity contribution in [1.29, 1.82) is 0 Å². The molecule has 0 fully saturated rings. The molecule has 0 saturated carbocycles. The van der Waals surface area contributed by atoms with Gasteiger partial charge in [-0.15, -0.1) is 33.8 Å². The van der Waals surface area contributed by atoms with Crippen molar-refractivity contribution < 1.29 is 0 Å². The summed E-state index contributed by atoms with van der Waals surface area (Å²) < 4.78 is 2.66. The molecule has 0 bridgehead atoms. The van der Waals surface area contributed by atoms with Gasteiger partial charge in [-0.2, -0.15) is 0 Å². The fraction of sp³-hybridized carbons (Fsp3) is 0.300. The molecule has 0 radical (unpaired) electrons. The summed E-state index contributed by atoms with van der Waals surface area (Å²) >= 11 is 3.61. The predicted molar refractivity (Wildman–Crippen MR) is 118 cm³/mol. The van der Waals surface area contributed by atoms with Gasteiger partial charge in [0.05, 0.1) is 9.75 Å². The molecule has 2 heterocycles. The molecular formula is C20H22S2Si2. The Bertz CT molecular complexity index is 900. The Hall–Kier alpha value is -1.31. The third-order valence-electron chi connectivity index (χ3n) is 3.28. The third kappa shape index (κ3) is 4.40. The van der Waals surface area contributed by atoms with Gasteiger partial charge in [-0.3, -0.25) is 0 Å². The summed E-state index contributed by atoms with van der Waals surface area (Å²) in [4.78, 5) is 2.37. The topological polar surface area (TPSA) is 0 Å². The zero-order valence-corrected chi connectivity index (χ0v) is 18.8. The Morgan fingerprint density at radius 3 is 1.42 bits per heavy atom. The molecule has 0 aliphatic heterocycles. The zero-order chi connectivity index (χ0) is 17.5. The lowest BCUT2D eigenvalue weighted by atomic mass is 10.2. The molecule has 3 aromatic rings. The van der Waals surface area contributed by atoms with Gasteiger partial charge in [0.2, 0.25) is 0 Å². The molecule has 2 aromatic heterocycles. The first-order valence-corrected chi connectivity index (χ1v) is 16.8. The number of benzene rings is 1. The quantitative estimate of drug-likeness (QED) is 0.304. The summed E-state index contributed by atoms with van der Waals surface area (Å²) in [6.07, 6.45) is 0. The molecule has 0 N–H and O–H groups in total. The van der Waals surface area contributed by atoms with E-state index >= 15 is 0 Å². The van der Waals surface area contributed by atoms with Crippen LogP contribution in [0.2, 0.25) is 39.3 Å². The van der Waals surface area contributed by atoms with Crippen molar-refractivity contribution in [3.8, 4) is 22.9 Å². The SMILES string of the molecule is C[Si](C)(C)C#Cc1cc2cc3cc(C#C[Si](C)(C)C)sc3cc2s1. The van der Waals surface area contributed by atoms with Gasteiger partial charge in [0, 0.05) is 9.40 Å². The molecule has 3 rings (SSSR count). The maximum atomic E-state index is 3.46. The summed E-state index contributed by atoms with van der Waals surface area (Å²) in [6.45, 7) is 13.7. The van der Waals surface area contributed by atoms with E-state index in [9.17, 15) is 0 Å².